The molecule has 1 aromatic carbocycles. The molecule has 0 aliphatic carbocycles. The van der Waals surface area contributed by atoms with Gasteiger partial charge in [0.1, 0.15) is 11.6 Å². The van der Waals surface area contributed by atoms with Crippen molar-refractivity contribution in [2.45, 2.75) is 39.8 Å². The van der Waals surface area contributed by atoms with Crippen LogP contribution in [0, 0.1) is 6.92 Å². The van der Waals surface area contributed by atoms with Crippen molar-refractivity contribution in [2.75, 3.05) is 11.9 Å². The van der Waals surface area contributed by atoms with Crippen LogP contribution in [0.3, 0.4) is 0 Å². The van der Waals surface area contributed by atoms with Crippen molar-refractivity contribution in [3.8, 4) is 28.7 Å². The zero-order chi connectivity index (χ0) is 27.6. The van der Waals surface area contributed by atoms with E-state index in [0.29, 0.717) is 24.3 Å². The lowest BCUT2D eigenvalue weighted by Crippen LogP contribution is -2.18. The van der Waals surface area contributed by atoms with Crippen LogP contribution in [-0.4, -0.2) is 48.1 Å². The fourth-order valence-corrected chi connectivity index (χ4v) is 3.95. The van der Waals surface area contributed by atoms with Crippen LogP contribution in [0.15, 0.2) is 65.4 Å². The van der Waals surface area contributed by atoms with Gasteiger partial charge in [-0.05, 0) is 67.9 Å². The number of aromatic nitrogens is 7. The van der Waals surface area contributed by atoms with Gasteiger partial charge >= 0.3 is 6.36 Å². The number of rotatable bonds is 9. The van der Waals surface area contributed by atoms with Crippen LogP contribution >= 0.6 is 0 Å². The Bertz CT molecular complexity index is 1560. The average Bonchev–Trinajstić information content (AvgIpc) is 3.64. The van der Waals surface area contributed by atoms with Crippen molar-refractivity contribution < 1.29 is 22.4 Å². The number of alkyl halides is 3. The van der Waals surface area contributed by atoms with Crippen molar-refractivity contribution in [1.82, 2.24) is 34.7 Å². The van der Waals surface area contributed by atoms with E-state index in [1.807, 2.05) is 65.6 Å². The lowest BCUT2D eigenvalue weighted by atomic mass is 10.2. The van der Waals surface area contributed by atoms with Crippen LogP contribution in [-0.2, 0) is 19.6 Å². The van der Waals surface area contributed by atoms with E-state index in [4.69, 9.17) is 4.52 Å². The van der Waals surface area contributed by atoms with Gasteiger partial charge in [0.2, 0.25) is 5.82 Å². The Hall–Kier alpha value is -4.68. The number of nitrogens with zero attached hydrogens (tertiary/aromatic N) is 8. The molecule has 4 aromatic heterocycles. The summed E-state index contributed by atoms with van der Waals surface area (Å²) in [6, 6.07) is 13.0. The monoisotopic (exact) mass is 538 g/mol. The second-order valence-corrected chi connectivity index (χ2v) is 8.87. The Morgan fingerprint density at radius 1 is 1.05 bits per heavy atom. The Kier molecular flexibility index (Phi) is 7.05. The summed E-state index contributed by atoms with van der Waals surface area (Å²) in [7, 11) is 1.97. The third-order valence-corrected chi connectivity index (χ3v) is 5.92. The zero-order valence-electron chi connectivity index (χ0n) is 21.4. The first-order valence-corrected chi connectivity index (χ1v) is 12.1. The molecular formula is C26H25F3N8O2. The van der Waals surface area contributed by atoms with Gasteiger partial charge in [-0.25, -0.2) is 4.98 Å². The summed E-state index contributed by atoms with van der Waals surface area (Å²) in [6.45, 7) is 5.92. The maximum Gasteiger partial charge on any atom is 0.573 e. The van der Waals surface area contributed by atoms with E-state index >= 15 is 0 Å². The number of ether oxygens (including phenoxy) is 1. The molecule has 13 heteroatoms. The molecule has 0 N–H and O–H groups in total. The van der Waals surface area contributed by atoms with Gasteiger partial charge in [0.25, 0.3) is 5.89 Å². The Balaban J connectivity index is 1.28. The molecule has 0 bridgehead atoms. The third kappa shape index (κ3) is 6.25. The molecule has 0 radical (unpaired) electrons. The SMILES string of the molecule is CCn1ccc(CN(C)c2cc(Cn3nc(-c4nc(-c5ccc(OC(F)(F)F)cc5)no4)cc3C)ccn2)n1. The van der Waals surface area contributed by atoms with Crippen LogP contribution in [0.2, 0.25) is 0 Å². The summed E-state index contributed by atoms with van der Waals surface area (Å²) >= 11 is 0. The molecule has 0 unspecified atom stereocenters. The van der Waals surface area contributed by atoms with Crippen molar-refractivity contribution in [2.24, 2.45) is 0 Å². The van der Waals surface area contributed by atoms with E-state index in [2.05, 4.69) is 30.1 Å². The van der Waals surface area contributed by atoms with E-state index in [-0.39, 0.29) is 17.5 Å². The van der Waals surface area contributed by atoms with Gasteiger partial charge in [-0.15, -0.1) is 13.2 Å². The summed E-state index contributed by atoms with van der Waals surface area (Å²) in [4.78, 5) is 10.9. The Morgan fingerprint density at radius 3 is 2.56 bits per heavy atom. The molecule has 5 rings (SSSR count). The van der Waals surface area contributed by atoms with Crippen LogP contribution < -0.4 is 9.64 Å². The molecule has 0 saturated heterocycles. The minimum absolute atomic E-state index is 0.198. The highest BCUT2D eigenvalue weighted by Gasteiger charge is 2.31. The van der Waals surface area contributed by atoms with Gasteiger partial charge < -0.3 is 14.2 Å². The average molecular weight is 539 g/mol. The number of pyridine rings is 1. The number of anilines is 1. The summed E-state index contributed by atoms with van der Waals surface area (Å²) in [6.07, 6.45) is -1.04. The molecule has 39 heavy (non-hydrogen) atoms. The second kappa shape index (κ2) is 10.6. The molecule has 0 spiro atoms. The van der Waals surface area contributed by atoms with E-state index in [1.165, 1.54) is 24.3 Å². The van der Waals surface area contributed by atoms with Crippen molar-refractivity contribution >= 4 is 5.82 Å². The first-order valence-electron chi connectivity index (χ1n) is 12.1. The van der Waals surface area contributed by atoms with Gasteiger partial charge in [-0.3, -0.25) is 9.36 Å². The van der Waals surface area contributed by atoms with Crippen LogP contribution in [0.4, 0.5) is 19.0 Å². The standard InChI is InChI=1S/C26H25F3N8O2/c1-4-36-12-10-20(32-36)16-35(3)23-14-18(9-11-30-23)15-37-17(2)13-22(33-37)25-31-24(34-39-25)19-5-7-21(8-6-19)38-26(27,28)29/h5-14H,4,15-16H2,1-3H3. The number of benzene rings is 1. The van der Waals surface area contributed by atoms with Gasteiger partial charge in [0.15, 0.2) is 5.69 Å². The Labute approximate surface area is 221 Å². The van der Waals surface area contributed by atoms with Crippen molar-refractivity contribution in [3.05, 3.63) is 77.9 Å². The van der Waals surface area contributed by atoms with Crippen LogP contribution in [0.1, 0.15) is 23.9 Å². The third-order valence-electron chi connectivity index (χ3n) is 5.92. The minimum atomic E-state index is -4.76. The van der Waals surface area contributed by atoms with E-state index in [1.54, 1.807) is 6.20 Å². The normalized spacial score (nSPS) is 11.6. The lowest BCUT2D eigenvalue weighted by Gasteiger charge is -2.17. The first-order chi connectivity index (χ1) is 18.7. The minimum Gasteiger partial charge on any atom is -0.406 e. The maximum atomic E-state index is 12.4. The van der Waals surface area contributed by atoms with Gasteiger partial charge in [0.05, 0.1) is 18.8 Å². The Morgan fingerprint density at radius 2 is 1.85 bits per heavy atom. The van der Waals surface area contributed by atoms with Crippen molar-refractivity contribution in [3.63, 3.8) is 0 Å². The molecule has 10 nitrogen and oxygen atoms in total. The topological polar surface area (TPSA) is 99.9 Å². The molecular weight excluding hydrogens is 513 g/mol. The van der Waals surface area contributed by atoms with Gasteiger partial charge in [-0.2, -0.15) is 15.2 Å². The fraction of sp³-hybridized carbons (Fsp3) is 0.269. The summed E-state index contributed by atoms with van der Waals surface area (Å²) in [5, 5.41) is 13.1. The number of aryl methyl sites for hydroxylation is 2. The van der Waals surface area contributed by atoms with Crippen LogP contribution in [0.25, 0.3) is 23.0 Å². The molecule has 0 atom stereocenters. The molecule has 0 fully saturated rings. The molecule has 202 valence electrons. The predicted molar refractivity (Wildman–Crippen MR) is 136 cm³/mol. The summed E-state index contributed by atoms with van der Waals surface area (Å²) in [5.74, 6) is 0.907. The van der Waals surface area contributed by atoms with Gasteiger partial charge in [0, 0.05) is 37.2 Å². The van der Waals surface area contributed by atoms with E-state index in [9.17, 15) is 13.2 Å². The van der Waals surface area contributed by atoms with E-state index in [0.717, 1.165) is 29.3 Å². The highest BCUT2D eigenvalue weighted by atomic mass is 19.4. The molecule has 5 aromatic rings. The van der Waals surface area contributed by atoms with Gasteiger partial charge in [-0.1, -0.05) is 5.16 Å². The molecule has 0 amide bonds. The highest BCUT2D eigenvalue weighted by molar-refractivity contribution is 5.59. The van der Waals surface area contributed by atoms with E-state index < -0.39 is 6.36 Å². The number of hydrogen-bond acceptors (Lipinski definition) is 8. The fourth-order valence-electron chi connectivity index (χ4n) is 3.95. The quantitative estimate of drug-likeness (QED) is 0.256. The molecule has 4 heterocycles. The van der Waals surface area contributed by atoms with Crippen LogP contribution in [0.5, 0.6) is 5.75 Å². The summed E-state index contributed by atoms with van der Waals surface area (Å²) < 4.78 is 50.2. The largest absolute Gasteiger partial charge is 0.573 e. The molecule has 0 aliphatic rings. The second-order valence-electron chi connectivity index (χ2n) is 8.87. The summed E-state index contributed by atoms with van der Waals surface area (Å²) in [5.41, 5.74) is 3.82. The highest BCUT2D eigenvalue weighted by Crippen LogP contribution is 2.27. The first kappa shape index (κ1) is 25.9. The predicted octanol–water partition coefficient (Wildman–Crippen LogP) is 5.10. The molecule has 0 aliphatic heterocycles. The lowest BCUT2D eigenvalue weighted by molar-refractivity contribution is -0.274. The zero-order valence-corrected chi connectivity index (χ0v) is 21.4. The smallest absolute Gasteiger partial charge is 0.406 e. The van der Waals surface area contributed by atoms with Crippen molar-refractivity contribution in [1.29, 1.82) is 0 Å². The molecule has 0 saturated carbocycles. The maximum absolute atomic E-state index is 12.4. The number of halogens is 3. The number of hydrogen-bond donors (Lipinski definition) is 0.